The zero-order chi connectivity index (χ0) is 19.0. The van der Waals surface area contributed by atoms with Gasteiger partial charge in [0.15, 0.2) is 0 Å². The molecule has 1 unspecified atom stereocenters. The molecule has 0 saturated carbocycles. The summed E-state index contributed by atoms with van der Waals surface area (Å²) in [7, 11) is 0. The molecule has 3 heteroatoms. The molecule has 2 aromatic carbocycles. The van der Waals surface area contributed by atoms with E-state index in [2.05, 4.69) is 79.1 Å². The summed E-state index contributed by atoms with van der Waals surface area (Å²) in [6.45, 7) is 6.71. The Morgan fingerprint density at radius 3 is 2.81 bits per heavy atom. The van der Waals surface area contributed by atoms with E-state index >= 15 is 0 Å². The van der Waals surface area contributed by atoms with Crippen LogP contribution in [0.2, 0.25) is 0 Å². The number of aryl methyl sites for hydroxylation is 3. The molecule has 1 nitrogen and oxygen atoms in total. The number of thiazole rings is 1. The molecule has 1 atom stereocenters. The van der Waals surface area contributed by atoms with Crippen LogP contribution in [0.5, 0.6) is 0 Å². The van der Waals surface area contributed by atoms with Gasteiger partial charge >= 0.3 is 0 Å². The maximum atomic E-state index is 4.97. The summed E-state index contributed by atoms with van der Waals surface area (Å²) in [6.07, 6.45) is 6.06. The first-order valence-corrected chi connectivity index (χ1v) is 11.8. The van der Waals surface area contributed by atoms with Crippen LogP contribution in [0.25, 0.3) is 10.6 Å². The molecule has 3 aromatic rings. The van der Waals surface area contributed by atoms with E-state index in [9.17, 15) is 0 Å². The lowest BCUT2D eigenvalue weighted by Crippen LogP contribution is -2.08. The molecule has 0 N–H and O–H groups in total. The number of hydrogen-bond acceptors (Lipinski definition) is 2. The highest BCUT2D eigenvalue weighted by atomic mass is 127. The minimum atomic E-state index is 0.752. The van der Waals surface area contributed by atoms with E-state index in [1.165, 1.54) is 57.2 Å². The third-order valence-corrected chi connectivity index (χ3v) is 7.96. The lowest BCUT2D eigenvalue weighted by Gasteiger charge is -2.24. The van der Waals surface area contributed by atoms with Crippen LogP contribution in [-0.4, -0.2) is 4.98 Å². The molecule has 1 aliphatic carbocycles. The second-order valence-electron chi connectivity index (χ2n) is 7.76. The molecule has 1 aromatic heterocycles. The van der Waals surface area contributed by atoms with Gasteiger partial charge in [0.05, 0.1) is 5.69 Å². The Hall–Kier alpha value is -1.20. The lowest BCUT2D eigenvalue weighted by atomic mass is 9.81. The molecule has 1 heterocycles. The molecule has 4 rings (SSSR count). The Morgan fingerprint density at radius 2 is 2.00 bits per heavy atom. The third kappa shape index (κ3) is 4.00. The molecule has 140 valence electrons. The highest BCUT2D eigenvalue weighted by Gasteiger charge is 2.19. The zero-order valence-electron chi connectivity index (χ0n) is 16.3. The van der Waals surface area contributed by atoms with Crippen molar-refractivity contribution in [3.05, 3.63) is 72.8 Å². The van der Waals surface area contributed by atoms with Crippen LogP contribution in [0, 0.1) is 17.4 Å². The smallest absolute Gasteiger partial charge is 0.123 e. The average molecular weight is 487 g/mol. The molecule has 0 amide bonds. The number of rotatable bonds is 4. The summed E-state index contributed by atoms with van der Waals surface area (Å²) in [5.41, 5.74) is 9.70. The minimum absolute atomic E-state index is 0.752. The van der Waals surface area contributed by atoms with Crippen molar-refractivity contribution < 1.29 is 0 Å². The SMILES string of the molecule is CCC1CCCc2cc(-c3nc(Cc4cc(C)c(I)cc4C)cs3)ccc21. The average Bonchev–Trinajstić information content (AvgIpc) is 3.13. The first kappa shape index (κ1) is 19.1. The number of benzene rings is 2. The Bertz CT molecular complexity index is 973. The number of fused-ring (bicyclic) bond motifs is 1. The Labute approximate surface area is 180 Å². The summed E-state index contributed by atoms with van der Waals surface area (Å²) in [6, 6.07) is 11.7. The number of nitrogens with zero attached hydrogens (tertiary/aromatic N) is 1. The zero-order valence-corrected chi connectivity index (χ0v) is 19.3. The largest absolute Gasteiger partial charge is 0.241 e. The van der Waals surface area contributed by atoms with Crippen molar-refractivity contribution in [2.45, 2.75) is 58.8 Å². The van der Waals surface area contributed by atoms with Gasteiger partial charge in [0.1, 0.15) is 5.01 Å². The van der Waals surface area contributed by atoms with Gasteiger partial charge in [-0.05, 0) is 108 Å². The molecular formula is C24H26INS. The van der Waals surface area contributed by atoms with Crippen molar-refractivity contribution in [2.75, 3.05) is 0 Å². The molecule has 0 aliphatic heterocycles. The topological polar surface area (TPSA) is 12.9 Å². The maximum Gasteiger partial charge on any atom is 0.123 e. The van der Waals surface area contributed by atoms with E-state index in [0.717, 1.165) is 17.3 Å². The van der Waals surface area contributed by atoms with Crippen LogP contribution in [0.15, 0.2) is 35.7 Å². The number of aromatic nitrogens is 1. The van der Waals surface area contributed by atoms with E-state index in [0.29, 0.717) is 0 Å². The Kier molecular flexibility index (Phi) is 5.70. The van der Waals surface area contributed by atoms with E-state index in [-0.39, 0.29) is 0 Å². The van der Waals surface area contributed by atoms with Crippen LogP contribution < -0.4 is 0 Å². The molecule has 0 saturated heterocycles. The van der Waals surface area contributed by atoms with Crippen molar-refractivity contribution in [2.24, 2.45) is 0 Å². The van der Waals surface area contributed by atoms with Crippen LogP contribution in [0.3, 0.4) is 0 Å². The molecule has 27 heavy (non-hydrogen) atoms. The third-order valence-electron chi connectivity index (χ3n) is 5.86. The Morgan fingerprint density at radius 1 is 1.15 bits per heavy atom. The van der Waals surface area contributed by atoms with Crippen LogP contribution in [-0.2, 0) is 12.8 Å². The van der Waals surface area contributed by atoms with Crippen molar-refractivity contribution in [3.8, 4) is 10.6 Å². The van der Waals surface area contributed by atoms with Gasteiger partial charge in [0, 0.05) is 20.9 Å². The van der Waals surface area contributed by atoms with Crippen molar-refractivity contribution in [1.29, 1.82) is 0 Å². The van der Waals surface area contributed by atoms with Gasteiger partial charge in [-0.25, -0.2) is 4.98 Å². The van der Waals surface area contributed by atoms with Gasteiger partial charge in [0.25, 0.3) is 0 Å². The van der Waals surface area contributed by atoms with Crippen LogP contribution >= 0.6 is 33.9 Å². The van der Waals surface area contributed by atoms with E-state index in [1.54, 1.807) is 22.5 Å². The maximum absolute atomic E-state index is 4.97. The molecule has 0 fully saturated rings. The van der Waals surface area contributed by atoms with Gasteiger partial charge in [-0.2, -0.15) is 0 Å². The van der Waals surface area contributed by atoms with Gasteiger partial charge in [-0.1, -0.05) is 25.1 Å². The van der Waals surface area contributed by atoms with Gasteiger partial charge in [-0.3, -0.25) is 0 Å². The van der Waals surface area contributed by atoms with Gasteiger partial charge in [-0.15, -0.1) is 11.3 Å². The van der Waals surface area contributed by atoms with Crippen LogP contribution in [0.4, 0.5) is 0 Å². The standard InChI is InChI=1S/C24H26INS/c1-4-17-6-5-7-18-12-19(8-9-22(17)18)24-26-21(14-27-24)13-20-10-16(3)23(25)11-15(20)2/h8-12,14,17H,4-7,13H2,1-3H3. The van der Waals surface area contributed by atoms with Crippen molar-refractivity contribution in [3.63, 3.8) is 0 Å². The van der Waals surface area contributed by atoms with Crippen LogP contribution in [0.1, 0.15) is 65.6 Å². The first-order chi connectivity index (χ1) is 13.0. The van der Waals surface area contributed by atoms with Crippen molar-refractivity contribution in [1.82, 2.24) is 4.98 Å². The fourth-order valence-electron chi connectivity index (χ4n) is 4.22. The van der Waals surface area contributed by atoms with E-state index in [4.69, 9.17) is 4.98 Å². The highest BCUT2D eigenvalue weighted by Crippen LogP contribution is 2.36. The summed E-state index contributed by atoms with van der Waals surface area (Å²) in [5.74, 6) is 0.752. The second-order valence-corrected chi connectivity index (χ2v) is 9.78. The summed E-state index contributed by atoms with van der Waals surface area (Å²) < 4.78 is 1.34. The van der Waals surface area contributed by atoms with E-state index < -0.39 is 0 Å². The lowest BCUT2D eigenvalue weighted by molar-refractivity contribution is 0.540. The summed E-state index contributed by atoms with van der Waals surface area (Å²) in [4.78, 5) is 4.97. The number of hydrogen-bond donors (Lipinski definition) is 0. The van der Waals surface area contributed by atoms with Gasteiger partial charge < -0.3 is 0 Å². The predicted octanol–water partition coefficient (Wildman–Crippen LogP) is 7.45. The minimum Gasteiger partial charge on any atom is -0.241 e. The van der Waals surface area contributed by atoms with Gasteiger partial charge in [0.2, 0.25) is 0 Å². The normalized spacial score (nSPS) is 16.4. The number of halogens is 1. The Balaban J connectivity index is 1.59. The second kappa shape index (κ2) is 8.04. The van der Waals surface area contributed by atoms with E-state index in [1.807, 2.05) is 0 Å². The summed E-state index contributed by atoms with van der Waals surface area (Å²) in [5, 5.41) is 3.39. The molecule has 0 bridgehead atoms. The molecule has 0 spiro atoms. The highest BCUT2D eigenvalue weighted by molar-refractivity contribution is 14.1. The first-order valence-electron chi connectivity index (χ1n) is 9.88. The molecule has 1 aliphatic rings. The monoisotopic (exact) mass is 487 g/mol. The quantitative estimate of drug-likeness (QED) is 0.348. The molecular weight excluding hydrogens is 461 g/mol. The fraction of sp³-hybridized carbons (Fsp3) is 0.375. The molecule has 0 radical (unpaired) electrons. The fourth-order valence-corrected chi connectivity index (χ4v) is 5.66. The van der Waals surface area contributed by atoms with Crippen molar-refractivity contribution >= 4 is 33.9 Å². The summed E-state index contributed by atoms with van der Waals surface area (Å²) >= 11 is 4.20. The predicted molar refractivity (Wildman–Crippen MR) is 125 cm³/mol.